The Kier molecular flexibility index (Phi) is 5.07. The predicted octanol–water partition coefficient (Wildman–Crippen LogP) is 2.32. The summed E-state index contributed by atoms with van der Waals surface area (Å²) in [5, 5.41) is 0. The van der Waals surface area contributed by atoms with E-state index in [9.17, 15) is 8.42 Å². The molecule has 1 aromatic rings. The summed E-state index contributed by atoms with van der Waals surface area (Å²) < 4.78 is 29.5. The van der Waals surface area contributed by atoms with E-state index in [0.29, 0.717) is 30.5 Å². The lowest BCUT2D eigenvalue weighted by atomic mass is 10.1. The van der Waals surface area contributed by atoms with Crippen LogP contribution in [0.4, 0.5) is 0 Å². The van der Waals surface area contributed by atoms with Crippen molar-refractivity contribution in [1.82, 2.24) is 4.90 Å². The monoisotopic (exact) mass is 315 g/mol. The summed E-state index contributed by atoms with van der Waals surface area (Å²) in [7, 11) is -3.19. The van der Waals surface area contributed by atoms with Gasteiger partial charge in [-0.25, -0.2) is 8.42 Å². The minimum atomic E-state index is -3.19. The van der Waals surface area contributed by atoms with Crippen LogP contribution in [0.1, 0.15) is 12.5 Å². The van der Waals surface area contributed by atoms with Crippen LogP contribution in [0.2, 0.25) is 0 Å². The van der Waals surface area contributed by atoms with Crippen molar-refractivity contribution >= 4 is 27.1 Å². The van der Waals surface area contributed by atoms with Gasteiger partial charge < -0.3 is 9.64 Å². The molecular formula is C14H18ClNO3S. The molecule has 0 spiro atoms. The zero-order valence-electron chi connectivity index (χ0n) is 11.4. The molecule has 0 aromatic heterocycles. The van der Waals surface area contributed by atoms with Gasteiger partial charge in [0.1, 0.15) is 5.88 Å². The molecule has 0 saturated carbocycles. The number of rotatable bonds is 6. The molecule has 0 N–H and O–H groups in total. The van der Waals surface area contributed by atoms with Gasteiger partial charge in [-0.2, -0.15) is 0 Å². The molecule has 1 aromatic carbocycles. The van der Waals surface area contributed by atoms with E-state index in [2.05, 4.69) is 0 Å². The van der Waals surface area contributed by atoms with Gasteiger partial charge in [-0.1, -0.05) is 30.3 Å². The van der Waals surface area contributed by atoms with Gasteiger partial charge in [-0.05, 0) is 12.5 Å². The summed E-state index contributed by atoms with van der Waals surface area (Å²) in [6, 6.07) is 9.57. The summed E-state index contributed by atoms with van der Waals surface area (Å²) in [5.41, 5.74) is 1.70. The summed E-state index contributed by atoms with van der Waals surface area (Å²) in [5.74, 6) is 0.464. The molecular weight excluding hydrogens is 298 g/mol. The van der Waals surface area contributed by atoms with E-state index >= 15 is 0 Å². The van der Waals surface area contributed by atoms with E-state index < -0.39 is 9.84 Å². The molecule has 0 amide bonds. The molecule has 1 heterocycles. The largest absolute Gasteiger partial charge is 0.378 e. The van der Waals surface area contributed by atoms with E-state index in [1.807, 2.05) is 35.2 Å². The Morgan fingerprint density at radius 2 is 1.95 bits per heavy atom. The molecule has 2 rings (SSSR count). The highest BCUT2D eigenvalue weighted by molar-refractivity contribution is 7.95. The van der Waals surface area contributed by atoms with Crippen LogP contribution in [-0.2, 0) is 14.6 Å². The number of alkyl halides is 1. The van der Waals surface area contributed by atoms with E-state index in [4.69, 9.17) is 16.3 Å². The van der Waals surface area contributed by atoms with Crippen LogP contribution in [-0.4, -0.2) is 44.8 Å². The van der Waals surface area contributed by atoms with Crippen LogP contribution in [0.3, 0.4) is 0 Å². The first-order chi connectivity index (χ1) is 9.56. The van der Waals surface area contributed by atoms with Gasteiger partial charge in [-0.15, -0.1) is 11.6 Å². The SMILES string of the molecule is CC1=C(c2ccccc2)N(CCOCCCl)CS1(=O)=O. The van der Waals surface area contributed by atoms with Crippen LogP contribution in [0.25, 0.3) is 5.70 Å². The summed E-state index contributed by atoms with van der Waals surface area (Å²) in [4.78, 5) is 2.29. The highest BCUT2D eigenvalue weighted by Gasteiger charge is 2.32. The Morgan fingerprint density at radius 1 is 1.25 bits per heavy atom. The first-order valence-electron chi connectivity index (χ1n) is 6.44. The molecule has 0 bridgehead atoms. The van der Waals surface area contributed by atoms with Crippen molar-refractivity contribution in [2.75, 3.05) is 31.5 Å². The van der Waals surface area contributed by atoms with Gasteiger partial charge in [-0.3, -0.25) is 0 Å². The number of nitrogens with zero attached hydrogens (tertiary/aromatic N) is 1. The lowest BCUT2D eigenvalue weighted by molar-refractivity contribution is 0.136. The first-order valence-corrected chi connectivity index (χ1v) is 8.62. The van der Waals surface area contributed by atoms with Crippen molar-refractivity contribution in [3.63, 3.8) is 0 Å². The van der Waals surface area contributed by atoms with Gasteiger partial charge in [0, 0.05) is 12.4 Å². The van der Waals surface area contributed by atoms with Crippen LogP contribution in [0.5, 0.6) is 0 Å². The third-order valence-corrected chi connectivity index (χ3v) is 5.15. The third-order valence-electron chi connectivity index (χ3n) is 3.22. The fourth-order valence-corrected chi connectivity index (χ4v) is 3.74. The number of ether oxygens (including phenoxy) is 1. The number of hydrogen-bond acceptors (Lipinski definition) is 4. The van der Waals surface area contributed by atoms with Crippen LogP contribution in [0, 0.1) is 0 Å². The molecule has 0 fully saturated rings. The summed E-state index contributed by atoms with van der Waals surface area (Å²) >= 11 is 5.55. The van der Waals surface area contributed by atoms with Gasteiger partial charge in [0.05, 0.1) is 23.8 Å². The fourth-order valence-electron chi connectivity index (χ4n) is 2.23. The average Bonchev–Trinajstić information content (AvgIpc) is 2.66. The van der Waals surface area contributed by atoms with Crippen molar-refractivity contribution in [3.05, 3.63) is 40.8 Å². The average molecular weight is 316 g/mol. The topological polar surface area (TPSA) is 46.6 Å². The van der Waals surface area contributed by atoms with Crippen LogP contribution in [0.15, 0.2) is 35.2 Å². The molecule has 0 unspecified atom stereocenters. The molecule has 110 valence electrons. The maximum absolute atomic E-state index is 12.1. The van der Waals surface area contributed by atoms with Crippen molar-refractivity contribution in [3.8, 4) is 0 Å². The maximum atomic E-state index is 12.1. The van der Waals surface area contributed by atoms with E-state index in [1.54, 1.807) is 6.92 Å². The van der Waals surface area contributed by atoms with E-state index in [1.165, 1.54) is 0 Å². The van der Waals surface area contributed by atoms with Crippen molar-refractivity contribution in [1.29, 1.82) is 0 Å². The number of hydrogen-bond donors (Lipinski definition) is 0. The minimum absolute atomic E-state index is 0.0211. The van der Waals surface area contributed by atoms with Gasteiger partial charge in [0.15, 0.2) is 9.84 Å². The number of sulfone groups is 1. The molecule has 1 aliphatic rings. The van der Waals surface area contributed by atoms with E-state index in [0.717, 1.165) is 11.3 Å². The van der Waals surface area contributed by atoms with Crippen LogP contribution >= 0.6 is 11.6 Å². The van der Waals surface area contributed by atoms with Gasteiger partial charge in [0.2, 0.25) is 0 Å². The summed E-state index contributed by atoms with van der Waals surface area (Å²) in [6.07, 6.45) is 0. The zero-order valence-corrected chi connectivity index (χ0v) is 13.0. The highest BCUT2D eigenvalue weighted by Crippen LogP contribution is 2.33. The standard InChI is InChI=1S/C14H18ClNO3S/c1-12-14(13-5-3-2-4-6-13)16(11-20(12,17)18)8-10-19-9-7-15/h2-6H,7-11H2,1H3. The molecule has 0 saturated heterocycles. The zero-order chi connectivity index (χ0) is 14.6. The number of allylic oxidation sites excluding steroid dienone is 1. The lowest BCUT2D eigenvalue weighted by Gasteiger charge is -2.21. The molecule has 1 aliphatic heterocycles. The predicted molar refractivity (Wildman–Crippen MR) is 81.1 cm³/mol. The maximum Gasteiger partial charge on any atom is 0.194 e. The fraction of sp³-hybridized carbons (Fsp3) is 0.429. The number of benzene rings is 1. The first kappa shape index (κ1) is 15.4. The molecule has 0 aliphatic carbocycles. The highest BCUT2D eigenvalue weighted by atomic mass is 35.5. The Hall–Kier alpha value is -1.04. The van der Waals surface area contributed by atoms with E-state index in [-0.39, 0.29) is 5.88 Å². The van der Waals surface area contributed by atoms with Crippen LogP contribution < -0.4 is 0 Å². The Labute approximate surface area is 124 Å². The van der Waals surface area contributed by atoms with Crippen molar-refractivity contribution in [2.24, 2.45) is 0 Å². The second-order valence-corrected chi connectivity index (χ2v) is 7.06. The van der Waals surface area contributed by atoms with Gasteiger partial charge in [0.25, 0.3) is 0 Å². The second-order valence-electron chi connectivity index (χ2n) is 4.58. The Morgan fingerprint density at radius 3 is 2.60 bits per heavy atom. The van der Waals surface area contributed by atoms with Crippen molar-refractivity contribution < 1.29 is 13.2 Å². The molecule has 6 heteroatoms. The summed E-state index contributed by atoms with van der Waals surface area (Å²) in [6.45, 7) is 3.15. The van der Waals surface area contributed by atoms with Crippen molar-refractivity contribution in [2.45, 2.75) is 6.92 Å². The molecule has 0 radical (unpaired) electrons. The Bertz CT molecular complexity index is 584. The normalized spacial score (nSPS) is 17.8. The quantitative estimate of drug-likeness (QED) is 0.597. The molecule has 4 nitrogen and oxygen atoms in total. The Balaban J connectivity index is 2.21. The van der Waals surface area contributed by atoms with Gasteiger partial charge >= 0.3 is 0 Å². The lowest BCUT2D eigenvalue weighted by Crippen LogP contribution is -2.26. The smallest absolute Gasteiger partial charge is 0.194 e. The second kappa shape index (κ2) is 6.61. The minimum Gasteiger partial charge on any atom is -0.378 e. The molecule has 20 heavy (non-hydrogen) atoms. The third kappa shape index (κ3) is 3.34. The number of halogens is 1. The molecule has 0 atom stereocenters.